The van der Waals surface area contributed by atoms with Crippen LogP contribution in [0, 0.1) is 6.92 Å². The van der Waals surface area contributed by atoms with Gasteiger partial charge < -0.3 is 5.11 Å². The average Bonchev–Trinajstić information content (AvgIpc) is 2.65. The van der Waals surface area contributed by atoms with Crippen molar-refractivity contribution < 1.29 is 27.7 Å². The summed E-state index contributed by atoms with van der Waals surface area (Å²) in [4.78, 5) is 25.7. The number of carbonyl (C=O) groups is 2. The molecule has 28 heavy (non-hydrogen) atoms. The molecule has 140 valence electrons. The van der Waals surface area contributed by atoms with Crippen LogP contribution < -0.4 is 0 Å². The average molecular weight is 394 g/mol. The lowest BCUT2D eigenvalue weighted by Crippen LogP contribution is -2.22. The number of hydrogen-bond donors (Lipinski definition) is 2. The molecular formula is C21H14O6S. The second-order valence-electron chi connectivity index (χ2n) is 6.56. The summed E-state index contributed by atoms with van der Waals surface area (Å²) >= 11 is 0. The van der Waals surface area contributed by atoms with Gasteiger partial charge in [-0.2, -0.15) is 8.42 Å². The van der Waals surface area contributed by atoms with E-state index in [0.29, 0.717) is 5.56 Å². The smallest absolute Gasteiger partial charge is 0.295 e. The number of carbonyl (C=O) groups excluding carboxylic acids is 2. The molecule has 0 saturated carbocycles. The second-order valence-corrected chi connectivity index (χ2v) is 7.95. The highest BCUT2D eigenvalue weighted by molar-refractivity contribution is 7.86. The van der Waals surface area contributed by atoms with Crippen LogP contribution in [0.1, 0.15) is 37.4 Å². The first-order valence-corrected chi connectivity index (χ1v) is 9.77. The predicted molar refractivity (Wildman–Crippen MR) is 101 cm³/mol. The lowest BCUT2D eigenvalue weighted by atomic mass is 9.80. The molecule has 3 aromatic carbocycles. The molecule has 0 radical (unpaired) electrons. The highest BCUT2D eigenvalue weighted by Gasteiger charge is 2.35. The van der Waals surface area contributed by atoms with E-state index in [-0.39, 0.29) is 44.0 Å². The molecule has 6 nitrogen and oxygen atoms in total. The topological polar surface area (TPSA) is 109 Å². The van der Waals surface area contributed by atoms with Crippen molar-refractivity contribution in [1.82, 2.24) is 0 Å². The van der Waals surface area contributed by atoms with Gasteiger partial charge >= 0.3 is 0 Å². The van der Waals surface area contributed by atoms with Gasteiger partial charge in [0.05, 0.1) is 5.56 Å². The minimum atomic E-state index is -4.59. The van der Waals surface area contributed by atoms with Crippen LogP contribution in [0.5, 0.6) is 5.75 Å². The maximum absolute atomic E-state index is 13.2. The van der Waals surface area contributed by atoms with Crippen molar-refractivity contribution in [2.45, 2.75) is 11.8 Å². The molecule has 0 aliphatic heterocycles. The zero-order chi connectivity index (χ0) is 20.2. The van der Waals surface area contributed by atoms with E-state index in [2.05, 4.69) is 0 Å². The Hall–Kier alpha value is -3.29. The normalized spacial score (nSPS) is 13.2. The van der Waals surface area contributed by atoms with Gasteiger partial charge in [0.25, 0.3) is 10.1 Å². The standard InChI is InChI=1S/C21H14O6S/c1-11-6-7-12(17(10-11)28(25,26)27)13-8-9-16(22)19-18(13)20(23)14-4-2-3-5-15(14)21(19)24/h2-10,22H,1H3,(H,25,26,27). The van der Waals surface area contributed by atoms with Crippen molar-refractivity contribution in [3.63, 3.8) is 0 Å². The molecule has 0 spiro atoms. The molecule has 2 N–H and O–H groups in total. The zero-order valence-electron chi connectivity index (χ0n) is 14.6. The fourth-order valence-electron chi connectivity index (χ4n) is 3.50. The summed E-state index contributed by atoms with van der Waals surface area (Å²) in [6.45, 7) is 1.66. The molecule has 0 aromatic heterocycles. The number of aryl methyl sites for hydroxylation is 1. The summed E-state index contributed by atoms with van der Waals surface area (Å²) in [5.74, 6) is -1.39. The van der Waals surface area contributed by atoms with E-state index in [1.54, 1.807) is 25.1 Å². The summed E-state index contributed by atoms with van der Waals surface area (Å²) in [5.41, 5.74) is 0.897. The summed E-state index contributed by atoms with van der Waals surface area (Å²) in [7, 11) is -4.59. The SMILES string of the molecule is Cc1ccc(-c2ccc(O)c3c2C(=O)c2ccccc2C3=O)c(S(=O)(=O)O)c1. The maximum Gasteiger partial charge on any atom is 0.295 e. The van der Waals surface area contributed by atoms with Gasteiger partial charge in [-0.25, -0.2) is 0 Å². The van der Waals surface area contributed by atoms with Crippen molar-refractivity contribution in [1.29, 1.82) is 0 Å². The van der Waals surface area contributed by atoms with Crippen LogP contribution in [-0.2, 0) is 10.1 Å². The first-order valence-electron chi connectivity index (χ1n) is 8.33. The zero-order valence-corrected chi connectivity index (χ0v) is 15.4. The Morgan fingerprint density at radius 2 is 1.32 bits per heavy atom. The highest BCUT2D eigenvalue weighted by atomic mass is 32.2. The molecule has 3 aromatic rings. The summed E-state index contributed by atoms with van der Waals surface area (Å²) in [5, 5.41) is 10.3. The largest absolute Gasteiger partial charge is 0.507 e. The number of ketones is 2. The van der Waals surface area contributed by atoms with Crippen molar-refractivity contribution in [3.05, 3.63) is 82.4 Å². The number of benzene rings is 3. The molecule has 4 rings (SSSR count). The van der Waals surface area contributed by atoms with E-state index < -0.39 is 21.7 Å². The number of fused-ring (bicyclic) bond motifs is 2. The van der Waals surface area contributed by atoms with Crippen molar-refractivity contribution in [2.75, 3.05) is 0 Å². The Bertz CT molecular complexity index is 1290. The Morgan fingerprint density at radius 1 is 0.750 bits per heavy atom. The Balaban J connectivity index is 2.10. The van der Waals surface area contributed by atoms with E-state index in [1.807, 2.05) is 0 Å². The van der Waals surface area contributed by atoms with Crippen LogP contribution in [0.25, 0.3) is 11.1 Å². The Morgan fingerprint density at radius 3 is 1.93 bits per heavy atom. The van der Waals surface area contributed by atoms with E-state index in [4.69, 9.17) is 0 Å². The van der Waals surface area contributed by atoms with Gasteiger partial charge in [0, 0.05) is 22.3 Å². The monoisotopic (exact) mass is 394 g/mol. The lowest BCUT2D eigenvalue weighted by molar-refractivity contribution is 0.0977. The summed E-state index contributed by atoms with van der Waals surface area (Å²) < 4.78 is 33.5. The van der Waals surface area contributed by atoms with Gasteiger partial charge in [0.2, 0.25) is 0 Å². The molecular weight excluding hydrogens is 380 g/mol. The van der Waals surface area contributed by atoms with E-state index >= 15 is 0 Å². The van der Waals surface area contributed by atoms with Crippen molar-refractivity contribution in [3.8, 4) is 16.9 Å². The summed E-state index contributed by atoms with van der Waals surface area (Å²) in [6, 6.07) is 13.2. The lowest BCUT2D eigenvalue weighted by Gasteiger charge is -2.22. The minimum absolute atomic E-state index is 0.0740. The molecule has 0 unspecified atom stereocenters. The fraction of sp³-hybridized carbons (Fsp3) is 0.0476. The third-order valence-corrected chi connectivity index (χ3v) is 5.65. The van der Waals surface area contributed by atoms with Crippen LogP contribution in [0.2, 0.25) is 0 Å². The van der Waals surface area contributed by atoms with Crippen molar-refractivity contribution in [2.24, 2.45) is 0 Å². The van der Waals surface area contributed by atoms with Crippen LogP contribution in [0.4, 0.5) is 0 Å². The first kappa shape index (κ1) is 18.1. The molecule has 1 aliphatic rings. The molecule has 0 amide bonds. The van der Waals surface area contributed by atoms with E-state index in [0.717, 1.165) is 0 Å². The van der Waals surface area contributed by atoms with Crippen LogP contribution in [0.3, 0.4) is 0 Å². The van der Waals surface area contributed by atoms with E-state index in [9.17, 15) is 27.7 Å². The quantitative estimate of drug-likeness (QED) is 0.505. The van der Waals surface area contributed by atoms with Crippen molar-refractivity contribution >= 4 is 21.7 Å². The Labute approximate surface area is 160 Å². The van der Waals surface area contributed by atoms with E-state index in [1.165, 1.54) is 36.4 Å². The molecule has 0 atom stereocenters. The maximum atomic E-state index is 13.2. The third-order valence-electron chi connectivity index (χ3n) is 4.76. The van der Waals surface area contributed by atoms with Gasteiger partial charge in [-0.15, -0.1) is 0 Å². The van der Waals surface area contributed by atoms with Crippen LogP contribution >= 0.6 is 0 Å². The highest BCUT2D eigenvalue weighted by Crippen LogP contribution is 2.40. The number of phenolic OH excluding ortho intramolecular Hbond substituents is 1. The molecule has 0 heterocycles. The van der Waals surface area contributed by atoms with Gasteiger partial charge in [0.1, 0.15) is 10.6 Å². The van der Waals surface area contributed by atoms with Gasteiger partial charge in [0.15, 0.2) is 11.6 Å². The van der Waals surface area contributed by atoms with Crippen LogP contribution in [0.15, 0.2) is 59.5 Å². The van der Waals surface area contributed by atoms with Gasteiger partial charge in [-0.3, -0.25) is 14.1 Å². The first-order chi connectivity index (χ1) is 13.2. The third kappa shape index (κ3) is 2.64. The molecule has 0 fully saturated rings. The summed E-state index contributed by atoms with van der Waals surface area (Å²) in [6.07, 6.45) is 0. The number of aromatic hydroxyl groups is 1. The number of rotatable bonds is 2. The van der Waals surface area contributed by atoms with Gasteiger partial charge in [-0.05, 0) is 36.2 Å². The van der Waals surface area contributed by atoms with Gasteiger partial charge in [-0.1, -0.05) is 36.4 Å². The molecule has 0 bridgehead atoms. The fourth-order valence-corrected chi connectivity index (χ4v) is 4.29. The second kappa shape index (κ2) is 6.12. The molecule has 1 aliphatic carbocycles. The molecule has 7 heteroatoms. The number of hydrogen-bond acceptors (Lipinski definition) is 5. The Kier molecular flexibility index (Phi) is 3.95. The molecule has 0 saturated heterocycles. The predicted octanol–water partition coefficient (Wildman–Crippen LogP) is 3.39. The number of phenols is 1. The van der Waals surface area contributed by atoms with Crippen LogP contribution in [-0.4, -0.2) is 29.6 Å². The minimum Gasteiger partial charge on any atom is -0.507 e.